The van der Waals surface area contributed by atoms with E-state index in [0.717, 1.165) is 32.7 Å². The first-order valence-electron chi connectivity index (χ1n) is 6.14. The first kappa shape index (κ1) is 12.9. The first-order chi connectivity index (χ1) is 7.22. The van der Waals surface area contributed by atoms with Gasteiger partial charge in [0.1, 0.15) is 0 Å². The third kappa shape index (κ3) is 4.09. The van der Waals surface area contributed by atoms with Gasteiger partial charge in [0, 0.05) is 39.2 Å². The monoisotopic (exact) mass is 215 g/mol. The van der Waals surface area contributed by atoms with Gasteiger partial charge in [-0.25, -0.2) is 0 Å². The van der Waals surface area contributed by atoms with Crippen molar-refractivity contribution in [2.45, 2.75) is 45.1 Å². The summed E-state index contributed by atoms with van der Waals surface area (Å²) in [5.41, 5.74) is 5.72. The van der Waals surface area contributed by atoms with Crippen molar-refractivity contribution in [2.75, 3.05) is 26.4 Å². The van der Waals surface area contributed by atoms with Crippen molar-refractivity contribution in [3.05, 3.63) is 0 Å². The van der Waals surface area contributed by atoms with E-state index in [9.17, 15) is 0 Å². The van der Waals surface area contributed by atoms with Gasteiger partial charge in [0.15, 0.2) is 0 Å². The molecule has 3 nitrogen and oxygen atoms in total. The number of hydrogen-bond donors (Lipinski definition) is 1. The molecule has 0 saturated carbocycles. The zero-order valence-electron chi connectivity index (χ0n) is 10.1. The van der Waals surface area contributed by atoms with Crippen molar-refractivity contribution in [3.63, 3.8) is 0 Å². The van der Waals surface area contributed by atoms with Crippen LogP contribution in [0, 0.1) is 5.92 Å². The standard InChI is InChI=1S/C12H25NO2/c1-3-4-11(2)9-15-12(10-13)5-7-14-8-6-12/h11H,3-10,13H2,1-2H3. The van der Waals surface area contributed by atoms with Crippen LogP contribution >= 0.6 is 0 Å². The third-order valence-electron chi connectivity index (χ3n) is 3.23. The number of hydrogen-bond acceptors (Lipinski definition) is 3. The molecule has 1 rings (SSSR count). The molecule has 3 heteroatoms. The minimum absolute atomic E-state index is 0.0970. The highest BCUT2D eigenvalue weighted by atomic mass is 16.5. The Morgan fingerprint density at radius 3 is 2.60 bits per heavy atom. The fourth-order valence-corrected chi connectivity index (χ4v) is 2.05. The Bertz CT molecular complexity index is 167. The summed E-state index contributed by atoms with van der Waals surface area (Å²) in [5.74, 6) is 0.640. The maximum absolute atomic E-state index is 6.03. The molecule has 0 aliphatic carbocycles. The molecule has 1 aliphatic heterocycles. The van der Waals surface area contributed by atoms with E-state index in [1.165, 1.54) is 12.8 Å². The molecule has 15 heavy (non-hydrogen) atoms. The maximum Gasteiger partial charge on any atom is 0.0848 e. The molecule has 1 fully saturated rings. The molecule has 0 spiro atoms. The summed E-state index contributed by atoms with van der Waals surface area (Å²) in [6, 6.07) is 0. The van der Waals surface area contributed by atoms with E-state index in [2.05, 4.69) is 13.8 Å². The summed E-state index contributed by atoms with van der Waals surface area (Å²) < 4.78 is 11.4. The fourth-order valence-electron chi connectivity index (χ4n) is 2.05. The number of nitrogens with two attached hydrogens (primary N) is 1. The van der Waals surface area contributed by atoms with E-state index in [0.29, 0.717) is 12.5 Å². The Balaban J connectivity index is 2.32. The van der Waals surface area contributed by atoms with Crippen molar-refractivity contribution in [1.29, 1.82) is 0 Å². The van der Waals surface area contributed by atoms with Gasteiger partial charge in [-0.3, -0.25) is 0 Å². The lowest BCUT2D eigenvalue weighted by atomic mass is 9.94. The zero-order valence-corrected chi connectivity index (χ0v) is 10.1. The molecule has 90 valence electrons. The van der Waals surface area contributed by atoms with Gasteiger partial charge in [-0.1, -0.05) is 20.3 Å². The van der Waals surface area contributed by atoms with Gasteiger partial charge in [0.2, 0.25) is 0 Å². The van der Waals surface area contributed by atoms with Crippen LogP contribution in [-0.2, 0) is 9.47 Å². The van der Waals surface area contributed by atoms with Crippen LogP contribution < -0.4 is 5.73 Å². The van der Waals surface area contributed by atoms with Crippen LogP contribution in [0.3, 0.4) is 0 Å². The molecular formula is C12H25NO2. The largest absolute Gasteiger partial charge is 0.381 e. The molecule has 0 bridgehead atoms. The topological polar surface area (TPSA) is 44.5 Å². The average molecular weight is 215 g/mol. The van der Waals surface area contributed by atoms with E-state index in [1.54, 1.807) is 0 Å². The molecule has 0 aromatic carbocycles. The van der Waals surface area contributed by atoms with Gasteiger partial charge in [-0.15, -0.1) is 0 Å². The molecule has 0 amide bonds. The van der Waals surface area contributed by atoms with Crippen molar-refractivity contribution in [2.24, 2.45) is 11.7 Å². The van der Waals surface area contributed by atoms with E-state index in [1.807, 2.05) is 0 Å². The van der Waals surface area contributed by atoms with E-state index in [4.69, 9.17) is 15.2 Å². The summed E-state index contributed by atoms with van der Waals surface area (Å²) in [6.45, 7) is 7.50. The molecular weight excluding hydrogens is 190 g/mol. The average Bonchev–Trinajstić information content (AvgIpc) is 2.28. The summed E-state index contributed by atoms with van der Waals surface area (Å²) in [6.07, 6.45) is 4.35. The maximum atomic E-state index is 6.03. The fraction of sp³-hybridized carbons (Fsp3) is 1.00. The van der Waals surface area contributed by atoms with E-state index >= 15 is 0 Å². The molecule has 1 saturated heterocycles. The van der Waals surface area contributed by atoms with Crippen LogP contribution in [0.4, 0.5) is 0 Å². The summed E-state index contributed by atoms with van der Waals surface area (Å²) >= 11 is 0. The minimum Gasteiger partial charge on any atom is -0.381 e. The van der Waals surface area contributed by atoms with Gasteiger partial charge in [-0.2, -0.15) is 0 Å². The Labute approximate surface area is 93.3 Å². The highest BCUT2D eigenvalue weighted by Gasteiger charge is 2.32. The van der Waals surface area contributed by atoms with Crippen molar-refractivity contribution in [3.8, 4) is 0 Å². The van der Waals surface area contributed by atoms with Crippen molar-refractivity contribution >= 4 is 0 Å². The molecule has 0 aromatic heterocycles. The lowest BCUT2D eigenvalue weighted by Gasteiger charge is -2.36. The van der Waals surface area contributed by atoms with Gasteiger partial charge in [0.05, 0.1) is 5.60 Å². The number of ether oxygens (including phenoxy) is 2. The third-order valence-corrected chi connectivity index (χ3v) is 3.23. The van der Waals surface area contributed by atoms with Crippen molar-refractivity contribution in [1.82, 2.24) is 0 Å². The Morgan fingerprint density at radius 1 is 1.40 bits per heavy atom. The lowest BCUT2D eigenvalue weighted by molar-refractivity contribution is -0.113. The quantitative estimate of drug-likeness (QED) is 0.736. The van der Waals surface area contributed by atoms with Crippen LogP contribution in [0.5, 0.6) is 0 Å². The Hall–Kier alpha value is -0.120. The number of rotatable bonds is 6. The molecule has 1 heterocycles. The van der Waals surface area contributed by atoms with Gasteiger partial charge >= 0.3 is 0 Å². The van der Waals surface area contributed by atoms with E-state index in [-0.39, 0.29) is 5.60 Å². The van der Waals surface area contributed by atoms with Crippen LogP contribution in [0.1, 0.15) is 39.5 Å². The summed E-state index contributed by atoms with van der Waals surface area (Å²) in [4.78, 5) is 0. The molecule has 0 aromatic rings. The van der Waals surface area contributed by atoms with Gasteiger partial charge < -0.3 is 15.2 Å². The highest BCUT2D eigenvalue weighted by Crippen LogP contribution is 2.25. The second kappa shape index (κ2) is 6.46. The summed E-state index contributed by atoms with van der Waals surface area (Å²) in [7, 11) is 0. The normalized spacial score (nSPS) is 22.6. The molecule has 1 aliphatic rings. The van der Waals surface area contributed by atoms with Gasteiger partial charge in [0.25, 0.3) is 0 Å². The molecule has 1 atom stereocenters. The molecule has 1 unspecified atom stereocenters. The Kier molecular flexibility index (Phi) is 5.58. The zero-order chi connectivity index (χ0) is 11.1. The first-order valence-corrected chi connectivity index (χ1v) is 6.14. The molecule has 2 N–H and O–H groups in total. The van der Waals surface area contributed by atoms with E-state index < -0.39 is 0 Å². The van der Waals surface area contributed by atoms with Crippen LogP contribution in [0.15, 0.2) is 0 Å². The summed E-state index contributed by atoms with van der Waals surface area (Å²) in [5, 5.41) is 0. The minimum atomic E-state index is -0.0970. The van der Waals surface area contributed by atoms with Crippen molar-refractivity contribution < 1.29 is 9.47 Å². The van der Waals surface area contributed by atoms with Crippen LogP contribution in [0.2, 0.25) is 0 Å². The molecule has 0 radical (unpaired) electrons. The van der Waals surface area contributed by atoms with Crippen LogP contribution in [-0.4, -0.2) is 32.0 Å². The second-order valence-electron chi connectivity index (χ2n) is 4.70. The highest BCUT2D eigenvalue weighted by molar-refractivity contribution is 4.84. The lowest BCUT2D eigenvalue weighted by Crippen LogP contribution is -2.46. The predicted molar refractivity (Wildman–Crippen MR) is 61.9 cm³/mol. The van der Waals surface area contributed by atoms with Crippen LogP contribution in [0.25, 0.3) is 0 Å². The predicted octanol–water partition coefficient (Wildman–Crippen LogP) is 1.95. The van der Waals surface area contributed by atoms with Gasteiger partial charge in [-0.05, 0) is 12.3 Å². The Morgan fingerprint density at radius 2 is 2.07 bits per heavy atom. The second-order valence-corrected chi connectivity index (χ2v) is 4.70. The SMILES string of the molecule is CCCC(C)COC1(CN)CCOCC1. The smallest absolute Gasteiger partial charge is 0.0848 e.